The molecule has 3 rings (SSSR count). The number of rotatable bonds is 5. The molecule has 0 spiro atoms. The van der Waals surface area contributed by atoms with Gasteiger partial charge >= 0.3 is 5.97 Å². The summed E-state index contributed by atoms with van der Waals surface area (Å²) >= 11 is 5.32. The fourth-order valence-electron chi connectivity index (χ4n) is 3.75. The van der Waals surface area contributed by atoms with Crippen LogP contribution in [0.5, 0.6) is 11.5 Å². The van der Waals surface area contributed by atoms with Crippen LogP contribution in [0.15, 0.2) is 29.5 Å². The molecule has 3 atom stereocenters. The molecule has 1 aliphatic carbocycles. The molecule has 1 fully saturated rings. The Morgan fingerprint density at radius 2 is 2.00 bits per heavy atom. The number of hydrogen-bond donors (Lipinski definition) is 2. The number of hydrogen-bond acceptors (Lipinski definition) is 5. The monoisotopic (exact) mass is 390 g/mol. The molecule has 146 valence electrons. The molecular formula is C20H26N2O4S. The number of allylic oxidation sites excluding steroid dienone is 1. The average Bonchev–Trinajstić information content (AvgIpc) is 3.04. The van der Waals surface area contributed by atoms with Gasteiger partial charge in [-0.2, -0.15) is 0 Å². The summed E-state index contributed by atoms with van der Waals surface area (Å²) in [4.78, 5) is 13.1. The summed E-state index contributed by atoms with van der Waals surface area (Å²) in [7, 11) is 3.20. The smallest absolute Gasteiger partial charge is 0.338 e. The normalized spacial score (nSPS) is 24.9. The first-order valence-corrected chi connectivity index (χ1v) is 9.56. The number of esters is 1. The fourth-order valence-corrected chi connectivity index (χ4v) is 4.02. The van der Waals surface area contributed by atoms with Crippen molar-refractivity contribution in [2.24, 2.45) is 5.92 Å². The average molecular weight is 391 g/mol. The van der Waals surface area contributed by atoms with Gasteiger partial charge in [-0.25, -0.2) is 4.79 Å². The van der Waals surface area contributed by atoms with Crippen LogP contribution in [-0.4, -0.2) is 31.4 Å². The van der Waals surface area contributed by atoms with E-state index in [-0.39, 0.29) is 12.1 Å². The second-order valence-electron chi connectivity index (χ2n) is 7.03. The molecular weight excluding hydrogens is 364 g/mol. The van der Waals surface area contributed by atoms with Gasteiger partial charge in [-0.15, -0.1) is 0 Å². The van der Waals surface area contributed by atoms with Crippen LogP contribution >= 0.6 is 12.2 Å². The molecule has 0 amide bonds. The van der Waals surface area contributed by atoms with E-state index >= 15 is 0 Å². The minimum Gasteiger partial charge on any atom is -0.497 e. The lowest BCUT2D eigenvalue weighted by Gasteiger charge is -2.31. The molecule has 0 radical (unpaired) electrons. The summed E-state index contributed by atoms with van der Waals surface area (Å²) in [5, 5.41) is 6.67. The van der Waals surface area contributed by atoms with E-state index in [1.54, 1.807) is 14.2 Å². The highest BCUT2D eigenvalue weighted by Gasteiger charge is 2.35. The van der Waals surface area contributed by atoms with Gasteiger partial charge in [-0.1, -0.05) is 6.92 Å². The van der Waals surface area contributed by atoms with Crippen molar-refractivity contribution < 1.29 is 19.0 Å². The van der Waals surface area contributed by atoms with Crippen molar-refractivity contribution in [2.75, 3.05) is 14.2 Å². The van der Waals surface area contributed by atoms with Crippen molar-refractivity contribution in [3.05, 3.63) is 35.0 Å². The predicted octanol–water partition coefficient (Wildman–Crippen LogP) is 3.23. The van der Waals surface area contributed by atoms with Crippen molar-refractivity contribution in [2.45, 2.75) is 45.3 Å². The Morgan fingerprint density at radius 3 is 2.63 bits per heavy atom. The number of nitrogens with one attached hydrogen (secondary N) is 2. The topological polar surface area (TPSA) is 68.8 Å². The minimum atomic E-state index is -0.479. The zero-order valence-electron chi connectivity index (χ0n) is 16.1. The summed E-state index contributed by atoms with van der Waals surface area (Å²) in [6, 6.07) is 5.01. The molecule has 0 bridgehead atoms. The minimum absolute atomic E-state index is 0.0421. The van der Waals surface area contributed by atoms with Gasteiger partial charge in [0, 0.05) is 11.3 Å². The quantitative estimate of drug-likeness (QED) is 0.591. The summed E-state index contributed by atoms with van der Waals surface area (Å²) in [6.45, 7) is 3.96. The van der Waals surface area contributed by atoms with Gasteiger partial charge in [0.25, 0.3) is 0 Å². The van der Waals surface area contributed by atoms with Gasteiger partial charge in [0.2, 0.25) is 0 Å². The maximum Gasteiger partial charge on any atom is 0.338 e. The van der Waals surface area contributed by atoms with E-state index in [2.05, 4.69) is 17.6 Å². The molecule has 1 saturated carbocycles. The van der Waals surface area contributed by atoms with Crippen molar-refractivity contribution in [1.82, 2.24) is 10.6 Å². The van der Waals surface area contributed by atoms with Crippen molar-refractivity contribution >= 4 is 23.3 Å². The second-order valence-corrected chi connectivity index (χ2v) is 7.44. The Hall–Kier alpha value is -2.28. The lowest BCUT2D eigenvalue weighted by atomic mass is 9.94. The number of benzene rings is 1. The summed E-state index contributed by atoms with van der Waals surface area (Å²) in [5.41, 5.74) is 1.96. The third kappa shape index (κ3) is 4.03. The number of thiocarbonyl (C=S) groups is 1. The number of methoxy groups -OCH3 is 2. The Morgan fingerprint density at radius 1 is 1.22 bits per heavy atom. The highest BCUT2D eigenvalue weighted by Crippen LogP contribution is 2.37. The molecule has 2 aliphatic rings. The maximum atomic E-state index is 13.1. The van der Waals surface area contributed by atoms with Crippen LogP contribution in [0.25, 0.3) is 0 Å². The molecule has 6 nitrogen and oxygen atoms in total. The predicted molar refractivity (Wildman–Crippen MR) is 107 cm³/mol. The maximum absolute atomic E-state index is 13.1. The summed E-state index contributed by atoms with van der Waals surface area (Å²) in [5.74, 6) is 1.37. The van der Waals surface area contributed by atoms with E-state index in [4.69, 9.17) is 26.4 Å². The van der Waals surface area contributed by atoms with E-state index in [1.165, 1.54) is 0 Å². The lowest BCUT2D eigenvalue weighted by molar-refractivity contribution is -0.146. The Balaban J connectivity index is 1.98. The Bertz CT molecular complexity index is 777. The van der Waals surface area contributed by atoms with Crippen LogP contribution in [0, 0.1) is 5.92 Å². The zero-order valence-corrected chi connectivity index (χ0v) is 16.9. The van der Waals surface area contributed by atoms with Gasteiger partial charge < -0.3 is 24.8 Å². The lowest BCUT2D eigenvalue weighted by Crippen LogP contribution is -2.45. The largest absolute Gasteiger partial charge is 0.497 e. The van der Waals surface area contributed by atoms with Gasteiger partial charge in [-0.3, -0.25) is 0 Å². The van der Waals surface area contributed by atoms with Crippen LogP contribution in [0.2, 0.25) is 0 Å². The highest BCUT2D eigenvalue weighted by atomic mass is 32.1. The van der Waals surface area contributed by atoms with Crippen molar-refractivity contribution in [3.63, 3.8) is 0 Å². The molecule has 27 heavy (non-hydrogen) atoms. The van der Waals surface area contributed by atoms with E-state index in [9.17, 15) is 4.79 Å². The molecule has 0 aromatic heterocycles. The standard InChI is InChI=1S/C20H26N2O4S/c1-11-6-5-7-15(11)26-19(23)17-12(2)21-20(27)22-18(17)14-10-13(24-3)8-9-16(14)25-4/h8-11,15,18H,5-7H2,1-4H3,(H2,21,22,27)/t11-,15-,18-/m0/s1. The first kappa shape index (κ1) is 19.5. The van der Waals surface area contributed by atoms with Crippen LogP contribution in [0.3, 0.4) is 0 Å². The summed E-state index contributed by atoms with van der Waals surface area (Å²) < 4.78 is 16.7. The molecule has 0 unspecified atom stereocenters. The molecule has 1 aliphatic heterocycles. The number of carbonyl (C=O) groups excluding carboxylic acids is 1. The van der Waals surface area contributed by atoms with Crippen LogP contribution in [0.1, 0.15) is 44.7 Å². The molecule has 1 heterocycles. The van der Waals surface area contributed by atoms with E-state index < -0.39 is 6.04 Å². The summed E-state index contributed by atoms with van der Waals surface area (Å²) in [6.07, 6.45) is 3.04. The van der Waals surface area contributed by atoms with Gasteiger partial charge in [-0.05, 0) is 62.5 Å². The fraction of sp³-hybridized carbons (Fsp3) is 0.500. The highest BCUT2D eigenvalue weighted by molar-refractivity contribution is 7.80. The van der Waals surface area contributed by atoms with Crippen molar-refractivity contribution in [3.8, 4) is 11.5 Å². The molecule has 7 heteroatoms. The van der Waals surface area contributed by atoms with Gasteiger partial charge in [0.15, 0.2) is 5.11 Å². The number of carbonyl (C=O) groups is 1. The zero-order chi connectivity index (χ0) is 19.6. The number of ether oxygens (including phenoxy) is 3. The molecule has 2 N–H and O–H groups in total. The second kappa shape index (κ2) is 8.17. The Labute approximate surface area is 165 Å². The van der Waals surface area contributed by atoms with Crippen LogP contribution < -0.4 is 20.1 Å². The van der Waals surface area contributed by atoms with Crippen LogP contribution in [-0.2, 0) is 9.53 Å². The van der Waals surface area contributed by atoms with Gasteiger partial charge in [0.05, 0.1) is 25.8 Å². The molecule has 1 aromatic carbocycles. The van der Waals surface area contributed by atoms with Crippen molar-refractivity contribution in [1.29, 1.82) is 0 Å². The first-order chi connectivity index (χ1) is 12.9. The third-order valence-electron chi connectivity index (χ3n) is 5.28. The third-order valence-corrected chi connectivity index (χ3v) is 5.50. The molecule has 1 aromatic rings. The van der Waals surface area contributed by atoms with E-state index in [0.717, 1.165) is 24.8 Å². The van der Waals surface area contributed by atoms with Gasteiger partial charge in [0.1, 0.15) is 17.6 Å². The van der Waals surface area contributed by atoms with E-state index in [1.807, 2.05) is 25.1 Å². The first-order valence-electron chi connectivity index (χ1n) is 9.15. The molecule has 0 saturated heterocycles. The van der Waals surface area contributed by atoms with E-state index in [0.29, 0.717) is 33.8 Å². The van der Waals surface area contributed by atoms with Crippen LogP contribution in [0.4, 0.5) is 0 Å². The SMILES string of the molecule is COc1ccc(OC)c([C@@H]2NC(=S)NC(C)=C2C(=O)O[C@H]2CCC[C@@H]2C)c1. The Kier molecular flexibility index (Phi) is 5.89.